The lowest BCUT2D eigenvalue weighted by Gasteiger charge is -2.15. The molecule has 1 aromatic heterocycles. The van der Waals surface area contributed by atoms with Crippen molar-refractivity contribution in [3.63, 3.8) is 0 Å². The molecule has 0 fully saturated rings. The summed E-state index contributed by atoms with van der Waals surface area (Å²) >= 11 is 3.31. The number of hydrogen-bond acceptors (Lipinski definition) is 2. The molecule has 0 spiro atoms. The van der Waals surface area contributed by atoms with Crippen molar-refractivity contribution in [2.75, 3.05) is 0 Å². The van der Waals surface area contributed by atoms with E-state index in [0.29, 0.717) is 0 Å². The lowest BCUT2D eigenvalue weighted by atomic mass is 10.2. The van der Waals surface area contributed by atoms with E-state index in [0.717, 1.165) is 12.1 Å². The van der Waals surface area contributed by atoms with Crippen LogP contribution in [0.4, 0.5) is 0 Å². The molecule has 3 nitrogen and oxygen atoms in total. The van der Waals surface area contributed by atoms with Crippen molar-refractivity contribution in [2.24, 2.45) is 0 Å². The van der Waals surface area contributed by atoms with Crippen LogP contribution in [-0.4, -0.2) is 15.7 Å². The van der Waals surface area contributed by atoms with Crippen molar-refractivity contribution in [1.29, 1.82) is 0 Å². The molecule has 1 N–H and O–H groups in total. The van der Waals surface area contributed by atoms with Gasteiger partial charge in [0.25, 0.3) is 0 Å². The topological polar surface area (TPSA) is 42.0 Å². The largest absolute Gasteiger partial charge is 0.347 e. The molecule has 1 rings (SSSR count). The van der Waals surface area contributed by atoms with Crippen LogP contribution >= 0.6 is 15.9 Å². The highest BCUT2D eigenvalue weighted by Crippen LogP contribution is 2.11. The first kappa shape index (κ1) is 12.2. The van der Waals surface area contributed by atoms with E-state index in [2.05, 4.69) is 26.2 Å². The summed E-state index contributed by atoms with van der Waals surface area (Å²) in [6.45, 7) is 3.89. The fraction of sp³-hybridized carbons (Fsp3) is 0.455. The maximum Gasteiger partial charge on any atom is 0.234 e. The Hall–Kier alpha value is -0.900. The summed E-state index contributed by atoms with van der Waals surface area (Å²) in [6.07, 6.45) is 2.50. The van der Waals surface area contributed by atoms with Crippen molar-refractivity contribution in [3.8, 4) is 0 Å². The molecule has 0 radical (unpaired) electrons. The standard InChI is InChI=1S/C11H15BrN2O/c1-3-9(12)11(15)14-8(2)10-6-4-5-7-13-10/h4-9H,3H2,1-2H3,(H,14,15)/t8-,9?/m1/s1. The highest BCUT2D eigenvalue weighted by molar-refractivity contribution is 9.10. The molecule has 1 heterocycles. The third-order valence-electron chi connectivity index (χ3n) is 2.13. The zero-order chi connectivity index (χ0) is 11.3. The minimum atomic E-state index is -0.122. The zero-order valence-corrected chi connectivity index (χ0v) is 10.5. The Bertz CT molecular complexity index is 316. The molecule has 1 amide bonds. The van der Waals surface area contributed by atoms with Gasteiger partial charge in [-0.3, -0.25) is 9.78 Å². The molecule has 15 heavy (non-hydrogen) atoms. The fourth-order valence-corrected chi connectivity index (χ4v) is 1.33. The van der Waals surface area contributed by atoms with Gasteiger partial charge in [0.05, 0.1) is 16.6 Å². The van der Waals surface area contributed by atoms with Gasteiger partial charge in [0.15, 0.2) is 0 Å². The van der Waals surface area contributed by atoms with E-state index in [4.69, 9.17) is 0 Å². The molecule has 0 aromatic carbocycles. The van der Waals surface area contributed by atoms with Gasteiger partial charge >= 0.3 is 0 Å². The molecule has 2 atom stereocenters. The maximum atomic E-state index is 11.6. The molecule has 0 aliphatic rings. The third-order valence-corrected chi connectivity index (χ3v) is 3.20. The van der Waals surface area contributed by atoms with Crippen molar-refractivity contribution in [2.45, 2.75) is 31.1 Å². The van der Waals surface area contributed by atoms with Crippen LogP contribution in [0.1, 0.15) is 32.0 Å². The van der Waals surface area contributed by atoms with Gasteiger partial charge in [-0.15, -0.1) is 0 Å². The summed E-state index contributed by atoms with van der Waals surface area (Å²) in [6, 6.07) is 5.62. The number of aromatic nitrogens is 1. The first-order valence-corrected chi connectivity index (χ1v) is 5.92. The highest BCUT2D eigenvalue weighted by Gasteiger charge is 2.15. The minimum absolute atomic E-state index is 0.00986. The Morgan fingerprint density at radius 2 is 2.33 bits per heavy atom. The predicted molar refractivity (Wildman–Crippen MR) is 63.8 cm³/mol. The summed E-state index contributed by atoms with van der Waals surface area (Å²) in [7, 11) is 0. The quantitative estimate of drug-likeness (QED) is 0.854. The van der Waals surface area contributed by atoms with Gasteiger partial charge in [0.1, 0.15) is 0 Å². The number of rotatable bonds is 4. The van der Waals surface area contributed by atoms with Gasteiger partial charge in [0, 0.05) is 6.20 Å². The number of pyridine rings is 1. The van der Waals surface area contributed by atoms with E-state index in [1.54, 1.807) is 6.20 Å². The maximum absolute atomic E-state index is 11.6. The number of nitrogens with one attached hydrogen (secondary N) is 1. The molecule has 0 bridgehead atoms. The van der Waals surface area contributed by atoms with Crippen LogP contribution in [0.3, 0.4) is 0 Å². The number of hydrogen-bond donors (Lipinski definition) is 1. The average molecular weight is 271 g/mol. The second-order valence-electron chi connectivity index (χ2n) is 3.36. The van der Waals surface area contributed by atoms with E-state index in [-0.39, 0.29) is 16.8 Å². The van der Waals surface area contributed by atoms with E-state index < -0.39 is 0 Å². The van der Waals surface area contributed by atoms with E-state index in [1.807, 2.05) is 32.0 Å². The molecule has 4 heteroatoms. The molecular formula is C11H15BrN2O. The fourth-order valence-electron chi connectivity index (χ4n) is 1.20. The summed E-state index contributed by atoms with van der Waals surface area (Å²) in [4.78, 5) is 15.6. The van der Waals surface area contributed by atoms with Crippen LogP contribution in [0.25, 0.3) is 0 Å². The molecule has 0 saturated carbocycles. The second kappa shape index (κ2) is 5.85. The Labute approximate surface area is 98.4 Å². The summed E-state index contributed by atoms with van der Waals surface area (Å²) in [5.74, 6) is 0.00986. The van der Waals surface area contributed by atoms with Gasteiger partial charge in [-0.1, -0.05) is 28.9 Å². The SMILES string of the molecule is CCC(Br)C(=O)N[C@H](C)c1ccccn1. The Kier molecular flexibility index (Phi) is 4.75. The minimum Gasteiger partial charge on any atom is -0.347 e. The number of carbonyl (C=O) groups excluding carboxylic acids is 1. The Balaban J connectivity index is 2.56. The lowest BCUT2D eigenvalue weighted by Crippen LogP contribution is -2.33. The van der Waals surface area contributed by atoms with Crippen LogP contribution in [0.15, 0.2) is 24.4 Å². The van der Waals surface area contributed by atoms with E-state index >= 15 is 0 Å². The van der Waals surface area contributed by atoms with Gasteiger partial charge in [-0.2, -0.15) is 0 Å². The molecule has 0 aliphatic heterocycles. The first-order valence-electron chi connectivity index (χ1n) is 5.00. The van der Waals surface area contributed by atoms with Crippen LogP contribution < -0.4 is 5.32 Å². The lowest BCUT2D eigenvalue weighted by molar-refractivity contribution is -0.121. The smallest absolute Gasteiger partial charge is 0.234 e. The molecule has 0 saturated heterocycles. The van der Waals surface area contributed by atoms with Crippen molar-refractivity contribution in [1.82, 2.24) is 10.3 Å². The monoisotopic (exact) mass is 270 g/mol. The van der Waals surface area contributed by atoms with Crippen molar-refractivity contribution in [3.05, 3.63) is 30.1 Å². The molecule has 1 aromatic rings. The highest BCUT2D eigenvalue weighted by atomic mass is 79.9. The Morgan fingerprint density at radius 3 is 2.87 bits per heavy atom. The predicted octanol–water partition coefficient (Wildman–Crippen LogP) is 2.43. The second-order valence-corrected chi connectivity index (χ2v) is 4.47. The number of nitrogens with zero attached hydrogens (tertiary/aromatic N) is 1. The molecule has 82 valence electrons. The van der Waals surface area contributed by atoms with Crippen LogP contribution in [0.2, 0.25) is 0 Å². The van der Waals surface area contributed by atoms with Crippen molar-refractivity contribution < 1.29 is 4.79 Å². The normalized spacial score (nSPS) is 14.3. The third kappa shape index (κ3) is 3.63. The zero-order valence-electron chi connectivity index (χ0n) is 8.90. The summed E-state index contributed by atoms with van der Waals surface area (Å²) in [5, 5.41) is 2.90. The Morgan fingerprint density at radius 1 is 1.60 bits per heavy atom. The first-order chi connectivity index (χ1) is 7.15. The van der Waals surface area contributed by atoms with Gasteiger partial charge in [-0.05, 0) is 25.5 Å². The average Bonchev–Trinajstić information content (AvgIpc) is 2.29. The molecular weight excluding hydrogens is 256 g/mol. The summed E-state index contributed by atoms with van der Waals surface area (Å²) in [5.41, 5.74) is 0.877. The summed E-state index contributed by atoms with van der Waals surface area (Å²) < 4.78 is 0. The van der Waals surface area contributed by atoms with Crippen LogP contribution in [-0.2, 0) is 4.79 Å². The van der Waals surface area contributed by atoms with Gasteiger partial charge in [0.2, 0.25) is 5.91 Å². The number of halogens is 1. The van der Waals surface area contributed by atoms with Crippen LogP contribution in [0.5, 0.6) is 0 Å². The van der Waals surface area contributed by atoms with Crippen LogP contribution in [0, 0.1) is 0 Å². The number of alkyl halides is 1. The van der Waals surface area contributed by atoms with Gasteiger partial charge < -0.3 is 5.32 Å². The van der Waals surface area contributed by atoms with E-state index in [9.17, 15) is 4.79 Å². The van der Waals surface area contributed by atoms with E-state index in [1.165, 1.54) is 0 Å². The number of carbonyl (C=O) groups is 1. The molecule has 1 unspecified atom stereocenters. The van der Waals surface area contributed by atoms with Crippen molar-refractivity contribution >= 4 is 21.8 Å². The number of amides is 1. The van der Waals surface area contributed by atoms with Gasteiger partial charge in [-0.25, -0.2) is 0 Å². The molecule has 0 aliphatic carbocycles.